The molecule has 0 bridgehead atoms. The molecule has 0 aliphatic carbocycles. The van der Waals surface area contributed by atoms with E-state index in [1.807, 2.05) is 0 Å². The third-order valence-electron chi connectivity index (χ3n) is 6.75. The summed E-state index contributed by atoms with van der Waals surface area (Å²) in [6.45, 7) is 1.03. The first-order chi connectivity index (χ1) is 21.4. The number of thiophene rings is 1. The van der Waals surface area contributed by atoms with Crippen LogP contribution in [-0.4, -0.2) is 63.3 Å². The van der Waals surface area contributed by atoms with Crippen molar-refractivity contribution in [3.63, 3.8) is 0 Å². The lowest BCUT2D eigenvalue weighted by atomic mass is 10.1. The number of nitrogens with zero attached hydrogens (tertiary/aromatic N) is 1. The standard InChI is InChI=1S/C30H32N2O10S3/c1-5-42-28(33)18-32(45(37,38)25-13-9-23(39-2)10-14-25)22-8-15-27-26(16-22)21(19-43-27)17-31-44(35,36)24-11-6-20(7-12-24)29(40-3)30(34)41-4/h6-16,19,29,31H,5,17-18H2,1-4H3. The first-order valence-corrected chi connectivity index (χ1v) is 17.3. The monoisotopic (exact) mass is 676 g/mol. The molecule has 0 saturated carbocycles. The van der Waals surface area contributed by atoms with Crippen LogP contribution in [0.3, 0.4) is 0 Å². The van der Waals surface area contributed by atoms with Crippen LogP contribution in [0.1, 0.15) is 24.2 Å². The molecule has 0 amide bonds. The third-order valence-corrected chi connectivity index (χ3v) is 11.0. The number of methoxy groups -OCH3 is 3. The number of rotatable bonds is 14. The molecule has 1 atom stereocenters. The highest BCUT2D eigenvalue weighted by Crippen LogP contribution is 2.33. The van der Waals surface area contributed by atoms with Gasteiger partial charge < -0.3 is 18.9 Å². The van der Waals surface area contributed by atoms with Crippen LogP contribution < -0.4 is 13.8 Å². The van der Waals surface area contributed by atoms with Crippen LogP contribution >= 0.6 is 11.3 Å². The van der Waals surface area contributed by atoms with Gasteiger partial charge in [0.05, 0.1) is 36.3 Å². The highest BCUT2D eigenvalue weighted by molar-refractivity contribution is 7.92. The molecule has 0 aliphatic heterocycles. The average Bonchev–Trinajstić information content (AvgIpc) is 3.45. The zero-order valence-electron chi connectivity index (χ0n) is 24.9. The summed E-state index contributed by atoms with van der Waals surface area (Å²) in [4.78, 5) is 24.3. The molecule has 0 saturated heterocycles. The van der Waals surface area contributed by atoms with E-state index in [0.29, 0.717) is 22.3 Å². The Balaban J connectivity index is 1.62. The van der Waals surface area contributed by atoms with Gasteiger partial charge in [0.1, 0.15) is 12.3 Å². The summed E-state index contributed by atoms with van der Waals surface area (Å²) in [5.74, 6) is -0.885. The van der Waals surface area contributed by atoms with Gasteiger partial charge in [0.25, 0.3) is 10.0 Å². The van der Waals surface area contributed by atoms with Gasteiger partial charge in [-0.3, -0.25) is 9.10 Å². The molecule has 0 radical (unpaired) electrons. The van der Waals surface area contributed by atoms with Crippen molar-refractivity contribution in [1.82, 2.24) is 4.72 Å². The first-order valence-electron chi connectivity index (χ1n) is 13.5. The molecule has 1 unspecified atom stereocenters. The number of carbonyl (C=O) groups excluding carboxylic acids is 2. The Bertz CT molecular complexity index is 1870. The van der Waals surface area contributed by atoms with Crippen LogP contribution in [0.15, 0.2) is 81.9 Å². The van der Waals surface area contributed by atoms with E-state index in [1.54, 1.807) is 30.5 Å². The van der Waals surface area contributed by atoms with Gasteiger partial charge >= 0.3 is 11.9 Å². The lowest BCUT2D eigenvalue weighted by Crippen LogP contribution is -2.36. The van der Waals surface area contributed by atoms with E-state index in [1.165, 1.54) is 81.2 Å². The molecule has 1 N–H and O–H groups in total. The predicted molar refractivity (Wildman–Crippen MR) is 168 cm³/mol. The summed E-state index contributed by atoms with van der Waals surface area (Å²) in [6, 6.07) is 16.3. The third kappa shape index (κ3) is 7.62. The Morgan fingerprint density at radius 2 is 1.58 bits per heavy atom. The fourth-order valence-corrected chi connectivity index (χ4v) is 7.78. The molecule has 0 fully saturated rings. The quantitative estimate of drug-likeness (QED) is 0.194. The van der Waals surface area contributed by atoms with Gasteiger partial charge in [0.15, 0.2) is 6.10 Å². The van der Waals surface area contributed by atoms with Crippen molar-refractivity contribution in [2.24, 2.45) is 0 Å². The number of hydrogen-bond donors (Lipinski definition) is 1. The minimum absolute atomic E-state index is 0.0302. The number of sulfonamides is 2. The average molecular weight is 677 g/mol. The van der Waals surface area contributed by atoms with Crippen LogP contribution in [0.2, 0.25) is 0 Å². The SMILES string of the molecule is CCOC(=O)CN(c1ccc2scc(CNS(=O)(=O)c3ccc(C(OC)C(=O)OC)cc3)c2c1)S(=O)(=O)c1ccc(OC)cc1. The number of hydrogen-bond acceptors (Lipinski definition) is 11. The van der Waals surface area contributed by atoms with Crippen molar-refractivity contribution in [3.05, 3.63) is 83.2 Å². The van der Waals surface area contributed by atoms with Gasteiger partial charge in [-0.25, -0.2) is 26.4 Å². The maximum Gasteiger partial charge on any atom is 0.339 e. The van der Waals surface area contributed by atoms with Crippen molar-refractivity contribution < 1.29 is 45.4 Å². The van der Waals surface area contributed by atoms with Crippen molar-refractivity contribution in [1.29, 1.82) is 0 Å². The second kappa shape index (κ2) is 14.4. The molecule has 1 heterocycles. The molecule has 4 rings (SSSR count). The van der Waals surface area contributed by atoms with E-state index in [9.17, 15) is 26.4 Å². The molecular weight excluding hydrogens is 645 g/mol. The van der Waals surface area contributed by atoms with Crippen LogP contribution in [-0.2, 0) is 50.4 Å². The Labute approximate surface area is 265 Å². The number of carbonyl (C=O) groups is 2. The predicted octanol–water partition coefficient (Wildman–Crippen LogP) is 4.01. The summed E-state index contributed by atoms with van der Waals surface area (Å²) < 4.78 is 78.1. The van der Waals surface area contributed by atoms with Crippen LogP contribution in [0.25, 0.3) is 10.1 Å². The smallest absolute Gasteiger partial charge is 0.339 e. The highest BCUT2D eigenvalue weighted by atomic mass is 32.2. The van der Waals surface area contributed by atoms with Crippen LogP contribution in [0.4, 0.5) is 5.69 Å². The second-order valence-electron chi connectivity index (χ2n) is 9.47. The molecule has 45 heavy (non-hydrogen) atoms. The number of esters is 2. The molecule has 3 aromatic carbocycles. The van der Waals surface area contributed by atoms with E-state index >= 15 is 0 Å². The van der Waals surface area contributed by atoms with Gasteiger partial charge in [0.2, 0.25) is 10.0 Å². The van der Waals surface area contributed by atoms with E-state index in [0.717, 1.165) is 9.01 Å². The maximum atomic E-state index is 13.7. The molecular formula is C30H32N2O10S3. The summed E-state index contributed by atoms with van der Waals surface area (Å²) in [7, 11) is -4.16. The van der Waals surface area contributed by atoms with Gasteiger partial charge in [0, 0.05) is 18.4 Å². The number of ether oxygens (including phenoxy) is 4. The molecule has 0 aliphatic rings. The Morgan fingerprint density at radius 3 is 2.18 bits per heavy atom. The summed E-state index contributed by atoms with van der Waals surface area (Å²) >= 11 is 1.36. The van der Waals surface area contributed by atoms with E-state index < -0.39 is 44.6 Å². The topological polar surface area (TPSA) is 155 Å². The highest BCUT2D eigenvalue weighted by Gasteiger charge is 2.29. The molecule has 1 aromatic heterocycles. The lowest BCUT2D eigenvalue weighted by Gasteiger charge is -2.24. The van der Waals surface area contributed by atoms with Gasteiger partial charge in [-0.2, -0.15) is 0 Å². The number of anilines is 1. The molecule has 0 spiro atoms. The van der Waals surface area contributed by atoms with Crippen LogP contribution in [0, 0.1) is 0 Å². The summed E-state index contributed by atoms with van der Waals surface area (Å²) in [5.41, 5.74) is 1.22. The zero-order valence-corrected chi connectivity index (χ0v) is 27.3. The van der Waals surface area contributed by atoms with Crippen molar-refractivity contribution in [2.75, 3.05) is 38.8 Å². The minimum atomic E-state index is -4.22. The number of nitrogens with one attached hydrogen (secondary N) is 1. The molecule has 240 valence electrons. The normalized spacial score (nSPS) is 12.4. The summed E-state index contributed by atoms with van der Waals surface area (Å²) in [5, 5.41) is 2.38. The van der Waals surface area contributed by atoms with Crippen molar-refractivity contribution in [2.45, 2.75) is 29.4 Å². The lowest BCUT2D eigenvalue weighted by molar-refractivity contribution is -0.152. The first kappa shape index (κ1) is 33.9. The zero-order chi connectivity index (χ0) is 32.8. The fraction of sp³-hybridized carbons (Fsp3) is 0.267. The summed E-state index contributed by atoms with van der Waals surface area (Å²) in [6.07, 6.45) is -0.997. The van der Waals surface area contributed by atoms with Crippen molar-refractivity contribution >= 4 is 59.1 Å². The number of benzene rings is 3. The van der Waals surface area contributed by atoms with Crippen molar-refractivity contribution in [3.8, 4) is 5.75 Å². The Morgan fingerprint density at radius 1 is 0.911 bits per heavy atom. The fourth-order valence-electron chi connectivity index (χ4n) is 4.43. The van der Waals surface area contributed by atoms with Crippen LogP contribution in [0.5, 0.6) is 5.75 Å². The van der Waals surface area contributed by atoms with E-state index in [-0.39, 0.29) is 28.6 Å². The van der Waals surface area contributed by atoms with Gasteiger partial charge in [-0.15, -0.1) is 11.3 Å². The molecule has 15 heteroatoms. The number of fused-ring (bicyclic) bond motifs is 1. The van der Waals surface area contributed by atoms with Gasteiger partial charge in [-0.1, -0.05) is 12.1 Å². The largest absolute Gasteiger partial charge is 0.497 e. The maximum absolute atomic E-state index is 13.7. The minimum Gasteiger partial charge on any atom is -0.497 e. The molecule has 12 nitrogen and oxygen atoms in total. The van der Waals surface area contributed by atoms with E-state index in [4.69, 9.17) is 18.9 Å². The van der Waals surface area contributed by atoms with Gasteiger partial charge in [-0.05, 0) is 83.4 Å². The Kier molecular flexibility index (Phi) is 10.8. The van der Waals surface area contributed by atoms with E-state index in [2.05, 4.69) is 4.72 Å². The second-order valence-corrected chi connectivity index (χ2v) is 14.0. The Hall–Kier alpha value is -4.02. The molecule has 4 aromatic rings.